The van der Waals surface area contributed by atoms with Gasteiger partial charge >= 0.3 is 11.8 Å². The Morgan fingerprint density at radius 2 is 1.94 bits per heavy atom. The van der Waals surface area contributed by atoms with Crippen molar-refractivity contribution in [3.05, 3.63) is 34.3 Å². The first-order chi connectivity index (χ1) is 16.7. The number of carbonyl (C=O) groups is 2. The molecule has 1 aliphatic rings. The first-order valence-electron chi connectivity index (χ1n) is 12.5. The molecule has 194 valence electrons. The monoisotopic (exact) mass is 490 g/mol. The molecule has 1 aromatic rings. The second-order valence-electron chi connectivity index (χ2n) is 9.23. The van der Waals surface area contributed by atoms with Crippen molar-refractivity contribution in [1.29, 1.82) is 0 Å². The number of ketones is 1. The molecule has 1 aromatic heterocycles. The van der Waals surface area contributed by atoms with E-state index in [9.17, 15) is 24.6 Å². The smallest absolute Gasteiger partial charge is 0.457 e. The molecule has 0 amide bonds. The summed E-state index contributed by atoms with van der Waals surface area (Å²) in [7, 11) is 0. The fourth-order valence-corrected chi connectivity index (χ4v) is 4.21. The Hall–Kier alpha value is -2.63. The van der Waals surface area contributed by atoms with Gasteiger partial charge in [0.25, 0.3) is 0 Å². The summed E-state index contributed by atoms with van der Waals surface area (Å²) in [5, 5.41) is 20.7. The summed E-state index contributed by atoms with van der Waals surface area (Å²) in [6, 6.07) is 0. The minimum Gasteiger partial charge on any atom is -0.457 e. The van der Waals surface area contributed by atoms with Crippen molar-refractivity contribution in [2.75, 3.05) is 0 Å². The standard InChI is InChI=1S/C27H38O8/c1-4-5-8-11-18(2)22(28)15-14-21-20(23(29)16-24(21)30)12-9-6-7-10-13-26(31)33-17-25-19(3)34-27(32)35-25/h14-15,18,20-22,24,28,30H,4,6-7,9-13,16-17H2,1-3H3/b15-14+/t18?,20-,21-,22?,24-/m1/s1. The summed E-state index contributed by atoms with van der Waals surface area (Å²) in [5.41, 5.74) is 0. The number of ether oxygens (including phenoxy) is 1. The Morgan fingerprint density at radius 3 is 2.63 bits per heavy atom. The zero-order chi connectivity index (χ0) is 25.8. The minimum absolute atomic E-state index is 0.0213. The molecule has 2 rings (SSSR count). The second-order valence-corrected chi connectivity index (χ2v) is 9.23. The molecule has 1 aliphatic carbocycles. The van der Waals surface area contributed by atoms with Gasteiger partial charge in [0.15, 0.2) is 18.1 Å². The van der Waals surface area contributed by atoms with Gasteiger partial charge in [0.2, 0.25) is 0 Å². The van der Waals surface area contributed by atoms with Crippen LogP contribution in [0.15, 0.2) is 25.8 Å². The molecule has 0 bridgehead atoms. The number of unbranched alkanes of at least 4 members (excludes halogenated alkanes) is 3. The lowest BCUT2D eigenvalue weighted by molar-refractivity contribution is -0.145. The number of esters is 1. The third-order valence-electron chi connectivity index (χ3n) is 6.42. The zero-order valence-corrected chi connectivity index (χ0v) is 21.0. The van der Waals surface area contributed by atoms with E-state index in [0.29, 0.717) is 25.0 Å². The molecule has 1 saturated carbocycles. The lowest BCUT2D eigenvalue weighted by Gasteiger charge is -2.19. The van der Waals surface area contributed by atoms with Crippen molar-refractivity contribution >= 4 is 11.8 Å². The predicted octanol–water partition coefficient (Wildman–Crippen LogP) is 3.85. The van der Waals surface area contributed by atoms with Gasteiger partial charge in [0, 0.05) is 37.5 Å². The van der Waals surface area contributed by atoms with Gasteiger partial charge in [0.1, 0.15) is 5.78 Å². The van der Waals surface area contributed by atoms with Gasteiger partial charge in [-0.2, -0.15) is 0 Å². The van der Waals surface area contributed by atoms with Crippen molar-refractivity contribution in [2.45, 2.75) is 97.4 Å². The summed E-state index contributed by atoms with van der Waals surface area (Å²) in [4.78, 5) is 35.3. The molecule has 8 nitrogen and oxygen atoms in total. The van der Waals surface area contributed by atoms with Crippen LogP contribution in [0.2, 0.25) is 0 Å². The molecule has 0 saturated heterocycles. The predicted molar refractivity (Wildman–Crippen MR) is 129 cm³/mol. The normalized spacial score (nSPS) is 21.6. The highest BCUT2D eigenvalue weighted by atomic mass is 16.6. The second kappa shape index (κ2) is 14.7. The molecule has 0 aliphatic heterocycles. The molecular weight excluding hydrogens is 452 g/mol. The summed E-state index contributed by atoms with van der Waals surface area (Å²) in [6.07, 6.45) is 7.70. The highest BCUT2D eigenvalue weighted by molar-refractivity contribution is 5.84. The van der Waals surface area contributed by atoms with E-state index in [2.05, 4.69) is 11.8 Å². The molecular formula is C27H38O8. The van der Waals surface area contributed by atoms with Crippen LogP contribution in [0.25, 0.3) is 0 Å². The van der Waals surface area contributed by atoms with E-state index >= 15 is 0 Å². The van der Waals surface area contributed by atoms with Crippen molar-refractivity contribution in [1.82, 2.24) is 0 Å². The van der Waals surface area contributed by atoms with Crippen LogP contribution in [0.4, 0.5) is 0 Å². The Bertz CT molecular complexity index is 960. The average molecular weight is 491 g/mol. The summed E-state index contributed by atoms with van der Waals surface area (Å²) in [5.74, 6) is 4.87. The number of hydrogen-bond acceptors (Lipinski definition) is 8. The first-order valence-corrected chi connectivity index (χ1v) is 12.5. The largest absolute Gasteiger partial charge is 0.519 e. The zero-order valence-electron chi connectivity index (χ0n) is 21.0. The van der Waals surface area contributed by atoms with Crippen LogP contribution >= 0.6 is 0 Å². The maximum Gasteiger partial charge on any atom is 0.519 e. The van der Waals surface area contributed by atoms with Crippen LogP contribution < -0.4 is 5.82 Å². The van der Waals surface area contributed by atoms with E-state index in [1.165, 1.54) is 0 Å². The SMILES string of the molecule is CCC#CCC(C)C(O)/C=C/[C@H]1[C@H](O)CC(=O)[C@@H]1CCCCCCC(=O)OCc1oc(=O)oc1C. The minimum atomic E-state index is -0.817. The third kappa shape index (κ3) is 9.50. The van der Waals surface area contributed by atoms with Crippen LogP contribution in [-0.4, -0.2) is 34.2 Å². The highest BCUT2D eigenvalue weighted by Crippen LogP contribution is 2.34. The van der Waals surface area contributed by atoms with E-state index in [0.717, 1.165) is 25.7 Å². The van der Waals surface area contributed by atoms with Crippen molar-refractivity contribution in [3.63, 3.8) is 0 Å². The Kier molecular flexibility index (Phi) is 12.0. The molecule has 0 spiro atoms. The van der Waals surface area contributed by atoms with E-state index in [1.807, 2.05) is 13.8 Å². The van der Waals surface area contributed by atoms with Gasteiger partial charge in [-0.3, -0.25) is 9.59 Å². The van der Waals surface area contributed by atoms with E-state index < -0.39 is 18.0 Å². The van der Waals surface area contributed by atoms with Gasteiger partial charge in [-0.05, 0) is 25.7 Å². The molecule has 8 heteroatoms. The number of Topliss-reactive ketones (excluding diaryl/α,β-unsaturated/α-hetero) is 1. The van der Waals surface area contributed by atoms with Crippen molar-refractivity contribution in [3.8, 4) is 11.8 Å². The first kappa shape index (κ1) is 28.6. The fourth-order valence-electron chi connectivity index (χ4n) is 4.21. The summed E-state index contributed by atoms with van der Waals surface area (Å²) >= 11 is 0. The quantitative estimate of drug-likeness (QED) is 0.185. The van der Waals surface area contributed by atoms with Crippen LogP contribution in [0, 0.1) is 36.5 Å². The summed E-state index contributed by atoms with van der Waals surface area (Å²) < 4.78 is 14.6. The lowest BCUT2D eigenvalue weighted by Crippen LogP contribution is -2.20. The average Bonchev–Trinajstić information content (AvgIpc) is 3.28. The number of aryl methyl sites for hydroxylation is 1. The van der Waals surface area contributed by atoms with Crippen LogP contribution in [0.5, 0.6) is 0 Å². The number of aliphatic hydroxyl groups excluding tert-OH is 2. The fraction of sp³-hybridized carbons (Fsp3) is 0.667. The topological polar surface area (TPSA) is 127 Å². The number of aliphatic hydroxyl groups is 2. The molecule has 2 N–H and O–H groups in total. The molecule has 1 heterocycles. The molecule has 0 radical (unpaired) electrons. The molecule has 35 heavy (non-hydrogen) atoms. The lowest BCUT2D eigenvalue weighted by atomic mass is 9.88. The van der Waals surface area contributed by atoms with Gasteiger partial charge in [-0.25, -0.2) is 4.79 Å². The molecule has 2 unspecified atom stereocenters. The highest BCUT2D eigenvalue weighted by Gasteiger charge is 2.39. The van der Waals surface area contributed by atoms with Gasteiger partial charge < -0.3 is 23.8 Å². The number of carbonyl (C=O) groups excluding carboxylic acids is 2. The van der Waals surface area contributed by atoms with Crippen molar-refractivity contribution in [2.24, 2.45) is 17.8 Å². The van der Waals surface area contributed by atoms with Gasteiger partial charge in [0.05, 0.1) is 12.2 Å². The Labute approximate surface area is 206 Å². The maximum atomic E-state index is 12.4. The van der Waals surface area contributed by atoms with Crippen molar-refractivity contribution < 1.29 is 33.4 Å². The summed E-state index contributed by atoms with van der Waals surface area (Å²) in [6.45, 7) is 5.35. The maximum absolute atomic E-state index is 12.4. The van der Waals surface area contributed by atoms with E-state index in [4.69, 9.17) is 13.6 Å². The number of rotatable bonds is 13. The molecule has 0 aromatic carbocycles. The van der Waals surface area contributed by atoms with Crippen LogP contribution in [0.1, 0.15) is 83.2 Å². The van der Waals surface area contributed by atoms with Gasteiger partial charge in [-0.1, -0.05) is 45.3 Å². The van der Waals surface area contributed by atoms with E-state index in [-0.39, 0.29) is 54.7 Å². The van der Waals surface area contributed by atoms with Crippen LogP contribution in [0.3, 0.4) is 0 Å². The van der Waals surface area contributed by atoms with E-state index in [1.54, 1.807) is 19.1 Å². The van der Waals surface area contributed by atoms with Crippen LogP contribution in [-0.2, 0) is 20.9 Å². The number of hydrogen-bond donors (Lipinski definition) is 2. The Balaban J connectivity index is 1.69. The van der Waals surface area contributed by atoms with Gasteiger partial charge in [-0.15, -0.1) is 11.8 Å². The Morgan fingerprint density at radius 1 is 1.20 bits per heavy atom. The third-order valence-corrected chi connectivity index (χ3v) is 6.42. The molecule has 5 atom stereocenters. The molecule has 1 fully saturated rings.